The van der Waals surface area contributed by atoms with E-state index in [0.717, 1.165) is 19.3 Å². The molecule has 0 spiro atoms. The first kappa shape index (κ1) is 21.3. The number of hydrogen-bond donors (Lipinski definition) is 2. The number of benzene rings is 1. The molecular formula is C18H27N3O5S. The minimum Gasteiger partial charge on any atom is -0.383 e. The molecule has 2 rings (SSSR count). The second-order valence-corrected chi connectivity index (χ2v) is 8.26. The Morgan fingerprint density at radius 2 is 1.78 bits per heavy atom. The molecule has 1 aliphatic heterocycles. The lowest BCUT2D eigenvalue weighted by Gasteiger charge is -2.34. The smallest absolute Gasteiger partial charge is 0.309 e. The third-order valence-electron chi connectivity index (χ3n) is 4.48. The van der Waals surface area contributed by atoms with Gasteiger partial charge in [-0.15, -0.1) is 0 Å². The second kappa shape index (κ2) is 10.4. The summed E-state index contributed by atoms with van der Waals surface area (Å²) >= 11 is 0. The molecule has 2 N–H and O–H groups in total. The number of nitrogens with zero attached hydrogens (tertiary/aromatic N) is 1. The molecule has 27 heavy (non-hydrogen) atoms. The van der Waals surface area contributed by atoms with Crippen LogP contribution in [-0.2, 0) is 24.3 Å². The van der Waals surface area contributed by atoms with Crippen molar-refractivity contribution in [3.8, 4) is 0 Å². The highest BCUT2D eigenvalue weighted by molar-refractivity contribution is 7.89. The molecule has 1 aromatic carbocycles. The molecule has 1 saturated heterocycles. The molecule has 0 aromatic heterocycles. The van der Waals surface area contributed by atoms with Crippen molar-refractivity contribution in [1.82, 2.24) is 14.9 Å². The number of carbonyl (C=O) groups is 2. The van der Waals surface area contributed by atoms with Gasteiger partial charge >= 0.3 is 11.8 Å². The SMILES string of the molecule is COCCNC(=O)C(=O)NCCC1CCCCN1S(=O)(=O)c1ccccc1. The quantitative estimate of drug-likeness (QED) is 0.491. The maximum absolute atomic E-state index is 12.9. The summed E-state index contributed by atoms with van der Waals surface area (Å²) in [4.78, 5) is 23.7. The van der Waals surface area contributed by atoms with Gasteiger partial charge in [-0.1, -0.05) is 24.6 Å². The fraction of sp³-hybridized carbons (Fsp3) is 0.556. The van der Waals surface area contributed by atoms with Crippen LogP contribution in [0.15, 0.2) is 35.2 Å². The second-order valence-electron chi connectivity index (χ2n) is 6.37. The molecule has 0 bridgehead atoms. The van der Waals surface area contributed by atoms with Crippen LogP contribution in [0.1, 0.15) is 25.7 Å². The molecule has 150 valence electrons. The van der Waals surface area contributed by atoms with Crippen LogP contribution in [0.5, 0.6) is 0 Å². The van der Waals surface area contributed by atoms with Gasteiger partial charge in [0.25, 0.3) is 0 Å². The molecule has 9 heteroatoms. The highest BCUT2D eigenvalue weighted by Crippen LogP contribution is 2.26. The van der Waals surface area contributed by atoms with Crippen LogP contribution in [0.3, 0.4) is 0 Å². The lowest BCUT2D eigenvalue weighted by Crippen LogP contribution is -2.46. The molecule has 1 unspecified atom stereocenters. The highest BCUT2D eigenvalue weighted by Gasteiger charge is 2.33. The highest BCUT2D eigenvalue weighted by atomic mass is 32.2. The molecule has 1 aromatic rings. The van der Waals surface area contributed by atoms with Crippen LogP contribution >= 0.6 is 0 Å². The summed E-state index contributed by atoms with van der Waals surface area (Å²) in [5.74, 6) is -1.44. The topological polar surface area (TPSA) is 105 Å². The fourth-order valence-electron chi connectivity index (χ4n) is 3.09. The number of amides is 2. The fourth-order valence-corrected chi connectivity index (χ4v) is 4.83. The number of rotatable bonds is 8. The van der Waals surface area contributed by atoms with Gasteiger partial charge in [0.15, 0.2) is 0 Å². The Morgan fingerprint density at radius 1 is 1.11 bits per heavy atom. The summed E-state index contributed by atoms with van der Waals surface area (Å²) < 4.78 is 32.2. The van der Waals surface area contributed by atoms with E-state index >= 15 is 0 Å². The standard InChI is InChI=1S/C18H27N3O5S/c1-26-14-12-20-18(23)17(22)19-11-10-15-7-5-6-13-21(15)27(24,25)16-8-3-2-4-9-16/h2-4,8-9,15H,5-7,10-14H2,1H3,(H,19,22)(H,20,23). The normalized spacial score (nSPS) is 18.0. The van der Waals surface area contributed by atoms with E-state index in [1.54, 1.807) is 30.3 Å². The van der Waals surface area contributed by atoms with E-state index in [1.165, 1.54) is 11.4 Å². The zero-order chi connectivity index (χ0) is 19.7. The van der Waals surface area contributed by atoms with Crippen molar-refractivity contribution in [1.29, 1.82) is 0 Å². The number of hydrogen-bond acceptors (Lipinski definition) is 5. The molecular weight excluding hydrogens is 370 g/mol. The predicted octanol–water partition coefficient (Wildman–Crippen LogP) is 0.499. The molecule has 0 aliphatic carbocycles. The lowest BCUT2D eigenvalue weighted by atomic mass is 10.0. The molecule has 1 atom stereocenters. The molecule has 1 heterocycles. The van der Waals surface area contributed by atoms with Crippen molar-refractivity contribution < 1.29 is 22.7 Å². The van der Waals surface area contributed by atoms with Crippen molar-refractivity contribution in [3.63, 3.8) is 0 Å². The minimum absolute atomic E-state index is 0.194. The van der Waals surface area contributed by atoms with Crippen LogP contribution in [-0.4, -0.2) is 63.9 Å². The van der Waals surface area contributed by atoms with Gasteiger partial charge < -0.3 is 15.4 Å². The molecule has 2 amide bonds. The Balaban J connectivity index is 1.90. The van der Waals surface area contributed by atoms with Gasteiger partial charge in [0.1, 0.15) is 0 Å². The number of sulfonamides is 1. The van der Waals surface area contributed by atoms with E-state index in [4.69, 9.17) is 4.74 Å². The largest absolute Gasteiger partial charge is 0.383 e. The van der Waals surface area contributed by atoms with Crippen molar-refractivity contribution in [2.75, 3.05) is 33.4 Å². The van der Waals surface area contributed by atoms with E-state index in [-0.39, 0.29) is 24.0 Å². The average molecular weight is 397 g/mol. The molecule has 0 radical (unpaired) electrons. The van der Waals surface area contributed by atoms with E-state index in [0.29, 0.717) is 19.6 Å². The first-order valence-corrected chi connectivity index (χ1v) is 10.5. The summed E-state index contributed by atoms with van der Waals surface area (Å²) in [5, 5.41) is 5.00. The molecule has 1 fully saturated rings. The van der Waals surface area contributed by atoms with Crippen LogP contribution < -0.4 is 10.6 Å². The van der Waals surface area contributed by atoms with E-state index < -0.39 is 21.8 Å². The third-order valence-corrected chi connectivity index (χ3v) is 6.45. The van der Waals surface area contributed by atoms with Crippen LogP contribution in [0.2, 0.25) is 0 Å². The van der Waals surface area contributed by atoms with Crippen molar-refractivity contribution in [2.45, 2.75) is 36.6 Å². The zero-order valence-electron chi connectivity index (χ0n) is 15.5. The average Bonchev–Trinajstić information content (AvgIpc) is 2.69. The van der Waals surface area contributed by atoms with Gasteiger partial charge in [-0.25, -0.2) is 8.42 Å². The Labute approximate surface area is 160 Å². The number of nitrogens with one attached hydrogen (secondary N) is 2. The monoisotopic (exact) mass is 397 g/mol. The predicted molar refractivity (Wildman–Crippen MR) is 100 cm³/mol. The number of ether oxygens (including phenoxy) is 1. The maximum atomic E-state index is 12.9. The van der Waals surface area contributed by atoms with Crippen LogP contribution in [0, 0.1) is 0 Å². The van der Waals surface area contributed by atoms with Crippen LogP contribution in [0.25, 0.3) is 0 Å². The Hall–Kier alpha value is -1.97. The third kappa shape index (κ3) is 6.02. The first-order valence-electron chi connectivity index (χ1n) is 9.08. The van der Waals surface area contributed by atoms with Gasteiger partial charge in [0, 0.05) is 32.8 Å². The van der Waals surface area contributed by atoms with Gasteiger partial charge in [0.2, 0.25) is 10.0 Å². The summed E-state index contributed by atoms with van der Waals surface area (Å²) in [5.41, 5.74) is 0. The van der Waals surface area contributed by atoms with E-state index in [9.17, 15) is 18.0 Å². The minimum atomic E-state index is -3.57. The summed E-state index contributed by atoms with van der Waals surface area (Å²) in [6, 6.07) is 8.17. The summed E-state index contributed by atoms with van der Waals surface area (Å²) in [7, 11) is -2.06. The van der Waals surface area contributed by atoms with E-state index in [2.05, 4.69) is 10.6 Å². The van der Waals surface area contributed by atoms with Crippen molar-refractivity contribution >= 4 is 21.8 Å². The number of carbonyl (C=O) groups excluding carboxylic acids is 2. The first-order chi connectivity index (χ1) is 13.0. The summed E-state index contributed by atoms with van der Waals surface area (Å²) in [6.07, 6.45) is 2.96. The lowest BCUT2D eigenvalue weighted by molar-refractivity contribution is -0.139. The maximum Gasteiger partial charge on any atom is 0.309 e. The Kier molecular flexibility index (Phi) is 8.21. The molecule has 1 aliphatic rings. The summed E-state index contributed by atoms with van der Waals surface area (Å²) in [6.45, 7) is 1.29. The Morgan fingerprint density at radius 3 is 2.44 bits per heavy atom. The van der Waals surface area contributed by atoms with Gasteiger partial charge in [-0.3, -0.25) is 9.59 Å². The van der Waals surface area contributed by atoms with Gasteiger partial charge in [-0.2, -0.15) is 4.31 Å². The van der Waals surface area contributed by atoms with E-state index in [1.807, 2.05) is 0 Å². The van der Waals surface area contributed by atoms with Gasteiger partial charge in [-0.05, 0) is 31.4 Å². The number of piperidine rings is 1. The zero-order valence-corrected chi connectivity index (χ0v) is 16.3. The van der Waals surface area contributed by atoms with Crippen LogP contribution in [0.4, 0.5) is 0 Å². The van der Waals surface area contributed by atoms with Crippen molar-refractivity contribution in [3.05, 3.63) is 30.3 Å². The van der Waals surface area contributed by atoms with Crippen molar-refractivity contribution in [2.24, 2.45) is 0 Å². The van der Waals surface area contributed by atoms with Gasteiger partial charge in [0.05, 0.1) is 11.5 Å². The number of methoxy groups -OCH3 is 1. The Bertz CT molecular complexity index is 724. The molecule has 0 saturated carbocycles. The molecule has 8 nitrogen and oxygen atoms in total.